The maximum absolute atomic E-state index is 12.6. The number of aliphatic carboxylic acids is 2. The van der Waals surface area contributed by atoms with Gasteiger partial charge >= 0.3 is 23.9 Å². The van der Waals surface area contributed by atoms with Crippen LogP contribution in [-0.2, 0) is 42.9 Å². The molecule has 0 amide bonds. The Morgan fingerprint density at radius 2 is 1.74 bits per heavy atom. The largest absolute Gasteiger partial charge is 0.481 e. The van der Waals surface area contributed by atoms with E-state index in [9.17, 15) is 44.4 Å². The number of carbonyl (C=O) groups excluding carboxylic acids is 3. The second-order valence-electron chi connectivity index (χ2n) is 12.1. The predicted octanol–water partition coefficient (Wildman–Crippen LogP) is -0.302. The quantitative estimate of drug-likeness (QED) is 0.102. The molecule has 1 aliphatic carbocycles. The Balaban J connectivity index is 2.17. The van der Waals surface area contributed by atoms with Gasteiger partial charge < -0.3 is 49.6 Å². The molecular formula is C28H42O15. The number of aliphatic hydroxyl groups excluding tert-OH is 3. The lowest BCUT2D eigenvalue weighted by Crippen LogP contribution is -2.61. The fourth-order valence-corrected chi connectivity index (χ4v) is 5.40. The number of rotatable bonds is 15. The molecule has 0 aromatic rings. The van der Waals surface area contributed by atoms with Crippen molar-refractivity contribution in [1.82, 2.24) is 0 Å². The standard InChI is InChI=1S/C28H42O15/c1-14(5-6-17-15(12-29)7-16(30)9-27(17,2)3)41-26-24(38)25(43-22(36)11-28(4,39)10-20(33)34)23(37)18(42-26)13-40-21(35)8-19(31)32/h7,14,17-18,23-26,29,37-39H,5-6,8-13H2,1-4H3,(H,31,32)(H,33,34)/t14-,17-,18-,23-,24-,25+,26-,28+/m1/s1. The zero-order valence-corrected chi connectivity index (χ0v) is 24.6. The first kappa shape index (κ1) is 36.2. The second-order valence-corrected chi connectivity index (χ2v) is 12.1. The molecule has 15 heteroatoms. The highest BCUT2D eigenvalue weighted by atomic mass is 16.7. The summed E-state index contributed by atoms with van der Waals surface area (Å²) in [6, 6.07) is 0. The van der Waals surface area contributed by atoms with Gasteiger partial charge in [-0.15, -0.1) is 0 Å². The van der Waals surface area contributed by atoms with Crippen LogP contribution >= 0.6 is 0 Å². The van der Waals surface area contributed by atoms with Crippen LogP contribution in [0.5, 0.6) is 0 Å². The van der Waals surface area contributed by atoms with Crippen LogP contribution in [0.1, 0.15) is 66.2 Å². The maximum Gasteiger partial charge on any atom is 0.317 e. The summed E-state index contributed by atoms with van der Waals surface area (Å²) in [5.41, 5.74) is -1.83. The molecule has 0 bridgehead atoms. The number of allylic oxidation sites excluding steroid dienone is 1. The molecular weight excluding hydrogens is 576 g/mol. The number of ketones is 1. The van der Waals surface area contributed by atoms with Crippen LogP contribution < -0.4 is 0 Å². The number of hydrogen-bond donors (Lipinski definition) is 6. The van der Waals surface area contributed by atoms with Crippen molar-refractivity contribution >= 4 is 29.7 Å². The first-order valence-corrected chi connectivity index (χ1v) is 13.9. The number of ether oxygens (including phenoxy) is 4. The Kier molecular flexibility index (Phi) is 12.8. The van der Waals surface area contributed by atoms with Gasteiger partial charge in [-0.05, 0) is 49.7 Å². The van der Waals surface area contributed by atoms with Crippen molar-refractivity contribution < 1.29 is 73.6 Å². The first-order valence-electron chi connectivity index (χ1n) is 13.9. The smallest absolute Gasteiger partial charge is 0.317 e. The van der Waals surface area contributed by atoms with E-state index in [1.807, 2.05) is 13.8 Å². The van der Waals surface area contributed by atoms with Crippen molar-refractivity contribution in [3.8, 4) is 0 Å². The molecule has 2 rings (SSSR count). The highest BCUT2D eigenvalue weighted by Gasteiger charge is 2.49. The highest BCUT2D eigenvalue weighted by molar-refractivity contribution is 5.92. The van der Waals surface area contributed by atoms with Crippen LogP contribution in [0.15, 0.2) is 11.6 Å². The van der Waals surface area contributed by atoms with Crippen molar-refractivity contribution in [2.24, 2.45) is 11.3 Å². The third-order valence-corrected chi connectivity index (χ3v) is 7.45. The van der Waals surface area contributed by atoms with Crippen LogP contribution in [-0.4, -0.2) is 116 Å². The van der Waals surface area contributed by atoms with E-state index in [-0.39, 0.29) is 18.3 Å². The minimum absolute atomic E-state index is 0.0768. The van der Waals surface area contributed by atoms with Gasteiger partial charge in [-0.2, -0.15) is 0 Å². The zero-order valence-electron chi connectivity index (χ0n) is 24.6. The summed E-state index contributed by atoms with van der Waals surface area (Å²) in [7, 11) is 0. The predicted molar refractivity (Wildman–Crippen MR) is 143 cm³/mol. The number of carbonyl (C=O) groups is 5. The molecule has 6 N–H and O–H groups in total. The lowest BCUT2D eigenvalue weighted by Gasteiger charge is -2.43. The number of carboxylic acid groups (broad SMARTS) is 2. The Bertz CT molecular complexity index is 1060. The molecule has 15 nitrogen and oxygen atoms in total. The van der Waals surface area contributed by atoms with E-state index >= 15 is 0 Å². The van der Waals surface area contributed by atoms with Gasteiger partial charge in [-0.25, -0.2) is 0 Å². The molecule has 0 radical (unpaired) electrons. The molecule has 43 heavy (non-hydrogen) atoms. The fraction of sp³-hybridized carbons (Fsp3) is 0.750. The van der Waals surface area contributed by atoms with Crippen molar-refractivity contribution in [2.45, 2.75) is 109 Å². The van der Waals surface area contributed by atoms with Gasteiger partial charge in [-0.3, -0.25) is 24.0 Å². The van der Waals surface area contributed by atoms with E-state index in [4.69, 9.17) is 29.2 Å². The number of esters is 2. The molecule has 0 saturated carbocycles. The summed E-state index contributed by atoms with van der Waals surface area (Å²) in [4.78, 5) is 58.1. The monoisotopic (exact) mass is 618 g/mol. The van der Waals surface area contributed by atoms with E-state index in [2.05, 4.69) is 0 Å². The molecule has 8 atom stereocenters. The Hall–Kier alpha value is -2.95. The van der Waals surface area contributed by atoms with E-state index in [1.54, 1.807) is 6.92 Å². The molecule has 1 aliphatic heterocycles. The fourth-order valence-electron chi connectivity index (χ4n) is 5.40. The lowest BCUT2D eigenvalue weighted by molar-refractivity contribution is -0.313. The molecule has 2 aliphatic rings. The van der Waals surface area contributed by atoms with E-state index in [0.29, 0.717) is 24.8 Å². The van der Waals surface area contributed by atoms with Crippen LogP contribution in [0, 0.1) is 11.3 Å². The molecule has 244 valence electrons. The Morgan fingerprint density at radius 1 is 1.09 bits per heavy atom. The molecule has 0 unspecified atom stereocenters. The van der Waals surface area contributed by atoms with Crippen molar-refractivity contribution in [1.29, 1.82) is 0 Å². The van der Waals surface area contributed by atoms with Gasteiger partial charge in [0.25, 0.3) is 0 Å². The molecule has 1 heterocycles. The van der Waals surface area contributed by atoms with Crippen LogP contribution in [0.25, 0.3) is 0 Å². The third-order valence-electron chi connectivity index (χ3n) is 7.45. The summed E-state index contributed by atoms with van der Waals surface area (Å²) in [6.45, 7) is 5.62. The maximum atomic E-state index is 12.6. The lowest BCUT2D eigenvalue weighted by atomic mass is 9.66. The first-order chi connectivity index (χ1) is 19.8. The summed E-state index contributed by atoms with van der Waals surface area (Å²) in [6.07, 6.45) is -8.84. The average Bonchev–Trinajstić information content (AvgIpc) is 2.84. The summed E-state index contributed by atoms with van der Waals surface area (Å²) < 4.78 is 21.6. The summed E-state index contributed by atoms with van der Waals surface area (Å²) in [5, 5.41) is 59.5. The average molecular weight is 619 g/mol. The minimum atomic E-state index is -2.00. The van der Waals surface area contributed by atoms with Gasteiger partial charge in [-0.1, -0.05) is 13.8 Å². The van der Waals surface area contributed by atoms with Crippen molar-refractivity contribution in [3.63, 3.8) is 0 Å². The highest BCUT2D eigenvalue weighted by Crippen LogP contribution is 2.42. The zero-order chi connectivity index (χ0) is 32.7. The summed E-state index contributed by atoms with van der Waals surface area (Å²) in [5.74, 6) is -5.34. The topological polar surface area (TPSA) is 244 Å². The van der Waals surface area contributed by atoms with Crippen molar-refractivity contribution in [2.75, 3.05) is 13.2 Å². The number of hydrogen-bond acceptors (Lipinski definition) is 13. The van der Waals surface area contributed by atoms with E-state index in [0.717, 1.165) is 6.92 Å². The molecule has 0 aromatic carbocycles. The van der Waals surface area contributed by atoms with Gasteiger partial charge in [0.2, 0.25) is 0 Å². The van der Waals surface area contributed by atoms with Gasteiger partial charge in [0.05, 0.1) is 31.2 Å². The van der Waals surface area contributed by atoms with Gasteiger partial charge in [0.1, 0.15) is 31.3 Å². The normalized spacial score (nSPS) is 29.1. The molecule has 1 fully saturated rings. The number of aliphatic hydroxyl groups is 4. The molecule has 1 saturated heterocycles. The number of carboxylic acids is 2. The second kappa shape index (κ2) is 15.2. The van der Waals surface area contributed by atoms with E-state index in [1.165, 1.54) is 6.08 Å². The molecule has 0 spiro atoms. The summed E-state index contributed by atoms with van der Waals surface area (Å²) >= 11 is 0. The van der Waals surface area contributed by atoms with Crippen LogP contribution in [0.2, 0.25) is 0 Å². The van der Waals surface area contributed by atoms with Crippen molar-refractivity contribution in [3.05, 3.63) is 11.6 Å². The van der Waals surface area contributed by atoms with Gasteiger partial charge in [0.15, 0.2) is 18.2 Å². The Labute approximate surface area is 248 Å². The minimum Gasteiger partial charge on any atom is -0.481 e. The van der Waals surface area contributed by atoms with Crippen LogP contribution in [0.4, 0.5) is 0 Å². The Morgan fingerprint density at radius 3 is 2.33 bits per heavy atom. The third kappa shape index (κ3) is 10.9. The van der Waals surface area contributed by atoms with Crippen LogP contribution in [0.3, 0.4) is 0 Å². The SMILES string of the molecule is C[C@H](CC[C@@H]1C(CO)=CC(=O)CC1(C)C)O[C@@H]1O[C@H](COC(=O)CC(=O)O)[C@@H](O)[C@H](OC(=O)C[C@@](C)(O)CC(=O)O)[C@H]1O. The molecule has 0 aromatic heterocycles. The van der Waals surface area contributed by atoms with Gasteiger partial charge in [0, 0.05) is 6.42 Å². The van der Waals surface area contributed by atoms with E-state index < -0.39 is 97.6 Å².